The van der Waals surface area contributed by atoms with E-state index in [1.165, 1.54) is 5.56 Å². The fraction of sp³-hybridized carbons (Fsp3) is 0.346. The highest BCUT2D eigenvalue weighted by atomic mass is 16.2. The number of allylic oxidation sites excluding steroid dienone is 1. The standard InChI is InChI=1S/C26H29N5O2/c1-18-3-5-19(6-4-18)15-20-9-10-31-25(20)28-23-16-21(7-8-22(23)26(31)33)27-24(32)17-30-13-11-29(2)12-14-30/h3-8,15-16H,9-14,17H2,1-2H3,(H,27,32). The molecule has 1 aromatic heterocycles. The molecule has 170 valence electrons. The van der Waals surface area contributed by atoms with Crippen LogP contribution in [-0.2, 0) is 11.3 Å². The van der Waals surface area contributed by atoms with Gasteiger partial charge in [0.1, 0.15) is 5.82 Å². The first-order chi connectivity index (χ1) is 16.0. The normalized spacial score (nSPS) is 18.1. The molecule has 2 aromatic carbocycles. The molecule has 1 N–H and O–H groups in total. The third kappa shape index (κ3) is 4.60. The Balaban J connectivity index is 1.39. The van der Waals surface area contributed by atoms with Crippen LogP contribution in [0.1, 0.15) is 23.4 Å². The zero-order valence-electron chi connectivity index (χ0n) is 19.2. The molecule has 0 spiro atoms. The Morgan fingerprint density at radius 1 is 1.06 bits per heavy atom. The average molecular weight is 444 g/mol. The van der Waals surface area contributed by atoms with Crippen LogP contribution in [0.3, 0.4) is 0 Å². The molecule has 33 heavy (non-hydrogen) atoms. The molecular formula is C26H29N5O2. The lowest BCUT2D eigenvalue weighted by Gasteiger charge is -2.31. The molecule has 3 heterocycles. The minimum Gasteiger partial charge on any atom is -0.325 e. The van der Waals surface area contributed by atoms with E-state index in [9.17, 15) is 9.59 Å². The summed E-state index contributed by atoms with van der Waals surface area (Å²) in [5.74, 6) is 0.672. The van der Waals surface area contributed by atoms with Gasteiger partial charge in [-0.15, -0.1) is 0 Å². The number of carbonyl (C=O) groups is 1. The first-order valence-corrected chi connectivity index (χ1v) is 11.5. The first-order valence-electron chi connectivity index (χ1n) is 11.5. The Kier molecular flexibility index (Phi) is 5.83. The molecule has 0 atom stereocenters. The fourth-order valence-electron chi connectivity index (χ4n) is 4.51. The summed E-state index contributed by atoms with van der Waals surface area (Å²) in [6.07, 6.45) is 2.89. The van der Waals surface area contributed by atoms with Gasteiger partial charge in [0.2, 0.25) is 5.91 Å². The number of aromatic nitrogens is 2. The highest BCUT2D eigenvalue weighted by Crippen LogP contribution is 2.28. The first kappa shape index (κ1) is 21.6. The number of benzene rings is 2. The summed E-state index contributed by atoms with van der Waals surface area (Å²) in [4.78, 5) is 34.9. The molecule has 0 unspecified atom stereocenters. The van der Waals surface area contributed by atoms with Crippen LogP contribution in [0.2, 0.25) is 0 Å². The van der Waals surface area contributed by atoms with Gasteiger partial charge in [-0.1, -0.05) is 29.8 Å². The van der Waals surface area contributed by atoms with Gasteiger partial charge in [-0.3, -0.25) is 19.1 Å². The number of nitrogens with one attached hydrogen (secondary N) is 1. The monoisotopic (exact) mass is 443 g/mol. The van der Waals surface area contributed by atoms with Crippen molar-refractivity contribution in [2.24, 2.45) is 0 Å². The summed E-state index contributed by atoms with van der Waals surface area (Å²) in [5, 5.41) is 3.55. The van der Waals surface area contributed by atoms with Crippen molar-refractivity contribution in [3.05, 3.63) is 69.8 Å². The number of rotatable bonds is 4. The van der Waals surface area contributed by atoms with Gasteiger partial charge < -0.3 is 10.2 Å². The number of piperazine rings is 1. The predicted octanol–water partition coefficient (Wildman–Crippen LogP) is 2.84. The summed E-state index contributed by atoms with van der Waals surface area (Å²) < 4.78 is 1.76. The van der Waals surface area contributed by atoms with Crippen LogP contribution in [0.4, 0.5) is 5.69 Å². The molecule has 7 heteroatoms. The van der Waals surface area contributed by atoms with E-state index in [0.29, 0.717) is 35.5 Å². The van der Waals surface area contributed by atoms with Gasteiger partial charge in [0, 0.05) is 38.4 Å². The maximum absolute atomic E-state index is 13.1. The van der Waals surface area contributed by atoms with Crippen molar-refractivity contribution in [2.75, 3.05) is 45.1 Å². The summed E-state index contributed by atoms with van der Waals surface area (Å²) in [6.45, 7) is 6.80. The molecule has 0 bridgehead atoms. The summed E-state index contributed by atoms with van der Waals surface area (Å²) in [6, 6.07) is 13.7. The maximum Gasteiger partial charge on any atom is 0.261 e. The van der Waals surface area contributed by atoms with Crippen LogP contribution in [0, 0.1) is 6.92 Å². The molecule has 1 saturated heterocycles. The number of hydrogen-bond donors (Lipinski definition) is 1. The zero-order valence-corrected chi connectivity index (χ0v) is 19.2. The van der Waals surface area contributed by atoms with Crippen molar-refractivity contribution in [1.82, 2.24) is 19.4 Å². The summed E-state index contributed by atoms with van der Waals surface area (Å²) in [5.41, 5.74) is 4.62. The summed E-state index contributed by atoms with van der Waals surface area (Å²) in [7, 11) is 2.10. The molecule has 2 aliphatic heterocycles. The van der Waals surface area contributed by atoms with E-state index in [0.717, 1.165) is 43.7 Å². The van der Waals surface area contributed by atoms with Gasteiger partial charge >= 0.3 is 0 Å². The molecule has 5 rings (SSSR count). The fourth-order valence-corrected chi connectivity index (χ4v) is 4.51. The quantitative estimate of drug-likeness (QED) is 0.672. The minimum atomic E-state index is -0.0447. The van der Waals surface area contributed by atoms with Gasteiger partial charge in [-0.2, -0.15) is 0 Å². The SMILES string of the molecule is Cc1ccc(C=C2CCn3c2nc2cc(NC(=O)CN4CCN(C)CC4)ccc2c3=O)cc1. The Labute approximate surface area is 193 Å². The lowest BCUT2D eigenvalue weighted by Crippen LogP contribution is -2.47. The van der Waals surface area contributed by atoms with Crippen LogP contribution in [-0.4, -0.2) is 65.0 Å². The number of carbonyl (C=O) groups excluding carboxylic acids is 1. The second kappa shape index (κ2) is 8.92. The van der Waals surface area contributed by atoms with Crippen LogP contribution < -0.4 is 10.9 Å². The second-order valence-corrected chi connectivity index (χ2v) is 9.08. The van der Waals surface area contributed by atoms with Gasteiger partial charge in [0.25, 0.3) is 5.56 Å². The number of likely N-dealkylation sites (N-methyl/N-ethyl adjacent to an activating group) is 1. The van der Waals surface area contributed by atoms with Crippen LogP contribution in [0.25, 0.3) is 22.6 Å². The van der Waals surface area contributed by atoms with Crippen molar-refractivity contribution in [3.8, 4) is 0 Å². The molecule has 3 aromatic rings. The molecule has 7 nitrogen and oxygen atoms in total. The molecule has 0 saturated carbocycles. The van der Waals surface area contributed by atoms with Crippen molar-refractivity contribution in [2.45, 2.75) is 19.9 Å². The van der Waals surface area contributed by atoms with Crippen LogP contribution >= 0.6 is 0 Å². The lowest BCUT2D eigenvalue weighted by molar-refractivity contribution is -0.117. The Bertz CT molecular complexity index is 1280. The van der Waals surface area contributed by atoms with E-state index in [-0.39, 0.29) is 11.5 Å². The minimum absolute atomic E-state index is 0.0300. The average Bonchev–Trinajstić information content (AvgIpc) is 3.19. The van der Waals surface area contributed by atoms with Gasteiger partial charge in [-0.25, -0.2) is 4.98 Å². The van der Waals surface area contributed by atoms with Crippen molar-refractivity contribution in [1.29, 1.82) is 0 Å². The molecule has 0 aliphatic carbocycles. The zero-order chi connectivity index (χ0) is 22.9. The maximum atomic E-state index is 13.1. The number of aryl methyl sites for hydroxylation is 1. The highest BCUT2D eigenvalue weighted by molar-refractivity contribution is 5.95. The third-order valence-electron chi connectivity index (χ3n) is 6.51. The molecular weight excluding hydrogens is 414 g/mol. The number of hydrogen-bond acceptors (Lipinski definition) is 5. The van der Waals surface area contributed by atoms with Crippen molar-refractivity contribution < 1.29 is 4.79 Å². The Morgan fingerprint density at radius 2 is 1.82 bits per heavy atom. The number of anilines is 1. The molecule has 1 fully saturated rings. The van der Waals surface area contributed by atoms with E-state index in [1.54, 1.807) is 22.8 Å². The number of amides is 1. The molecule has 1 amide bonds. The Hall–Kier alpha value is -3.29. The predicted molar refractivity (Wildman–Crippen MR) is 132 cm³/mol. The lowest BCUT2D eigenvalue weighted by atomic mass is 10.1. The third-order valence-corrected chi connectivity index (χ3v) is 6.51. The van der Waals surface area contributed by atoms with Gasteiger partial charge in [0.05, 0.1) is 17.4 Å². The van der Waals surface area contributed by atoms with Crippen LogP contribution in [0.15, 0.2) is 47.3 Å². The largest absolute Gasteiger partial charge is 0.325 e. The number of fused-ring (bicyclic) bond motifs is 2. The van der Waals surface area contributed by atoms with E-state index in [2.05, 4.69) is 59.4 Å². The van der Waals surface area contributed by atoms with E-state index in [1.807, 2.05) is 0 Å². The van der Waals surface area contributed by atoms with E-state index >= 15 is 0 Å². The van der Waals surface area contributed by atoms with Crippen molar-refractivity contribution >= 4 is 34.1 Å². The highest BCUT2D eigenvalue weighted by Gasteiger charge is 2.21. The molecule has 2 aliphatic rings. The summed E-state index contributed by atoms with van der Waals surface area (Å²) >= 11 is 0. The molecule has 0 radical (unpaired) electrons. The van der Waals surface area contributed by atoms with Crippen LogP contribution in [0.5, 0.6) is 0 Å². The number of nitrogens with zero attached hydrogens (tertiary/aromatic N) is 4. The van der Waals surface area contributed by atoms with E-state index < -0.39 is 0 Å². The van der Waals surface area contributed by atoms with Gasteiger partial charge in [0.15, 0.2) is 0 Å². The van der Waals surface area contributed by atoms with Gasteiger partial charge in [-0.05, 0) is 55.8 Å². The Morgan fingerprint density at radius 3 is 2.58 bits per heavy atom. The van der Waals surface area contributed by atoms with E-state index in [4.69, 9.17) is 4.98 Å². The smallest absolute Gasteiger partial charge is 0.261 e. The second-order valence-electron chi connectivity index (χ2n) is 9.08. The topological polar surface area (TPSA) is 70.5 Å². The van der Waals surface area contributed by atoms with Crippen molar-refractivity contribution in [3.63, 3.8) is 0 Å².